The minimum atomic E-state index is -0.0413. The van der Waals surface area contributed by atoms with Crippen LogP contribution in [-0.2, 0) is 0 Å². The van der Waals surface area contributed by atoms with E-state index in [1.807, 2.05) is 62.4 Å². The Morgan fingerprint density at radius 3 is 1.54 bits per heavy atom. The summed E-state index contributed by atoms with van der Waals surface area (Å²) < 4.78 is 11.0. The lowest BCUT2D eigenvalue weighted by atomic mass is 10.2. The van der Waals surface area contributed by atoms with Gasteiger partial charge in [0.2, 0.25) is 0 Å². The van der Waals surface area contributed by atoms with Gasteiger partial charge in [0.15, 0.2) is 11.7 Å². The summed E-state index contributed by atoms with van der Waals surface area (Å²) in [6.45, 7) is 4.93. The molecule has 28 heavy (non-hydrogen) atoms. The van der Waals surface area contributed by atoms with Crippen molar-refractivity contribution in [2.75, 3.05) is 13.2 Å². The first-order chi connectivity index (χ1) is 13.7. The van der Waals surface area contributed by atoms with E-state index in [-0.39, 0.29) is 11.7 Å². The molecule has 8 heteroatoms. The van der Waals surface area contributed by atoms with Gasteiger partial charge >= 0.3 is 0 Å². The molecule has 4 N–H and O–H groups in total. The van der Waals surface area contributed by atoms with E-state index in [1.165, 1.54) is 12.4 Å². The fourth-order valence-electron chi connectivity index (χ4n) is 2.16. The number of ether oxygens (including phenoxy) is 2. The molecule has 146 valence electrons. The van der Waals surface area contributed by atoms with Crippen LogP contribution in [0.1, 0.15) is 25.0 Å². The molecule has 0 saturated carbocycles. The van der Waals surface area contributed by atoms with E-state index < -0.39 is 0 Å². The van der Waals surface area contributed by atoms with Crippen LogP contribution in [0.15, 0.2) is 68.9 Å². The average Bonchev–Trinajstić information content (AvgIpc) is 2.70. The van der Waals surface area contributed by atoms with Gasteiger partial charge in [-0.15, -0.1) is 10.2 Å². The molecule has 0 aliphatic rings. The molecular weight excluding hydrogens is 356 g/mol. The SMILES string of the molecule is CCOc1ccccc1/C=N\N=C(N)C(N)=N/N=C/c1ccccc1OCC. The summed E-state index contributed by atoms with van der Waals surface area (Å²) in [5.41, 5.74) is 13.1. The number of nitrogens with zero attached hydrogens (tertiary/aromatic N) is 4. The van der Waals surface area contributed by atoms with E-state index in [0.717, 1.165) is 11.1 Å². The van der Waals surface area contributed by atoms with Crippen LogP contribution < -0.4 is 20.9 Å². The molecule has 0 heterocycles. The van der Waals surface area contributed by atoms with Crippen molar-refractivity contribution in [3.63, 3.8) is 0 Å². The van der Waals surface area contributed by atoms with Crippen LogP contribution in [0.25, 0.3) is 0 Å². The highest BCUT2D eigenvalue weighted by molar-refractivity contribution is 6.39. The van der Waals surface area contributed by atoms with Crippen LogP contribution in [-0.4, -0.2) is 37.3 Å². The summed E-state index contributed by atoms with van der Waals surface area (Å²) in [5.74, 6) is 1.34. The van der Waals surface area contributed by atoms with Gasteiger partial charge in [0, 0.05) is 11.1 Å². The highest BCUT2D eigenvalue weighted by atomic mass is 16.5. The Bertz CT molecular complexity index is 816. The van der Waals surface area contributed by atoms with E-state index in [9.17, 15) is 0 Å². The molecule has 2 aromatic carbocycles. The largest absolute Gasteiger partial charge is 0.493 e. The number of amidine groups is 2. The van der Waals surface area contributed by atoms with E-state index >= 15 is 0 Å². The first kappa shape index (κ1) is 20.6. The highest BCUT2D eigenvalue weighted by Gasteiger charge is 2.01. The molecule has 0 aliphatic heterocycles. The van der Waals surface area contributed by atoms with E-state index in [2.05, 4.69) is 20.4 Å². The molecule has 0 spiro atoms. The summed E-state index contributed by atoms with van der Waals surface area (Å²) in [6.07, 6.45) is 3.07. The lowest BCUT2D eigenvalue weighted by Gasteiger charge is -2.05. The molecule has 0 amide bonds. The minimum absolute atomic E-state index is 0.0413. The Kier molecular flexibility index (Phi) is 8.19. The Labute approximate surface area is 164 Å². The predicted molar refractivity (Wildman–Crippen MR) is 114 cm³/mol. The molecular formula is C20H24N6O2. The van der Waals surface area contributed by atoms with Crippen LogP contribution in [0, 0.1) is 0 Å². The van der Waals surface area contributed by atoms with Crippen molar-refractivity contribution in [1.82, 2.24) is 0 Å². The monoisotopic (exact) mass is 380 g/mol. The number of benzene rings is 2. The average molecular weight is 380 g/mol. The molecule has 0 unspecified atom stereocenters. The molecule has 0 aliphatic carbocycles. The van der Waals surface area contributed by atoms with Gasteiger partial charge in [0.25, 0.3) is 0 Å². The lowest BCUT2D eigenvalue weighted by Crippen LogP contribution is -2.30. The van der Waals surface area contributed by atoms with Gasteiger partial charge in [-0.1, -0.05) is 24.3 Å². The minimum Gasteiger partial charge on any atom is -0.493 e. The van der Waals surface area contributed by atoms with Gasteiger partial charge in [0.1, 0.15) is 11.5 Å². The van der Waals surface area contributed by atoms with Gasteiger partial charge < -0.3 is 20.9 Å². The Balaban J connectivity index is 2.06. The van der Waals surface area contributed by atoms with Crippen LogP contribution >= 0.6 is 0 Å². The normalized spacial score (nSPS) is 12.6. The molecule has 0 atom stereocenters. The summed E-state index contributed by atoms with van der Waals surface area (Å²) in [6, 6.07) is 14.9. The number of rotatable bonds is 8. The number of hydrogen-bond donors (Lipinski definition) is 2. The van der Waals surface area contributed by atoms with Gasteiger partial charge in [-0.25, -0.2) is 0 Å². The smallest absolute Gasteiger partial charge is 0.190 e. The summed E-state index contributed by atoms with van der Waals surface area (Å²) >= 11 is 0. The Morgan fingerprint density at radius 2 is 1.14 bits per heavy atom. The highest BCUT2D eigenvalue weighted by Crippen LogP contribution is 2.16. The van der Waals surface area contributed by atoms with Crippen molar-refractivity contribution in [3.05, 3.63) is 59.7 Å². The fourth-order valence-corrected chi connectivity index (χ4v) is 2.16. The molecule has 0 fully saturated rings. The van der Waals surface area contributed by atoms with Crippen LogP contribution in [0.2, 0.25) is 0 Å². The third kappa shape index (κ3) is 6.24. The number of para-hydroxylation sites is 2. The van der Waals surface area contributed by atoms with Crippen molar-refractivity contribution < 1.29 is 9.47 Å². The van der Waals surface area contributed by atoms with Gasteiger partial charge in [-0.2, -0.15) is 10.2 Å². The zero-order chi connectivity index (χ0) is 20.2. The van der Waals surface area contributed by atoms with E-state index in [4.69, 9.17) is 20.9 Å². The molecule has 0 saturated heterocycles. The second-order valence-electron chi connectivity index (χ2n) is 5.40. The van der Waals surface area contributed by atoms with Crippen molar-refractivity contribution in [2.45, 2.75) is 13.8 Å². The number of nitrogens with two attached hydrogens (primary N) is 2. The molecule has 0 radical (unpaired) electrons. The Hall–Kier alpha value is -3.68. The fraction of sp³-hybridized carbons (Fsp3) is 0.200. The van der Waals surface area contributed by atoms with Crippen molar-refractivity contribution in [3.8, 4) is 11.5 Å². The van der Waals surface area contributed by atoms with E-state index in [0.29, 0.717) is 24.7 Å². The maximum absolute atomic E-state index is 5.79. The second-order valence-corrected chi connectivity index (χ2v) is 5.40. The number of hydrogen-bond acceptors (Lipinski definition) is 6. The maximum Gasteiger partial charge on any atom is 0.190 e. The molecule has 0 bridgehead atoms. The van der Waals surface area contributed by atoms with Crippen LogP contribution in [0.4, 0.5) is 0 Å². The second kappa shape index (κ2) is 11.1. The van der Waals surface area contributed by atoms with Crippen molar-refractivity contribution in [2.24, 2.45) is 31.9 Å². The van der Waals surface area contributed by atoms with Gasteiger partial charge in [-0.3, -0.25) is 0 Å². The summed E-state index contributed by atoms with van der Waals surface area (Å²) in [4.78, 5) is 0. The third-order valence-electron chi connectivity index (χ3n) is 3.42. The third-order valence-corrected chi connectivity index (χ3v) is 3.42. The van der Waals surface area contributed by atoms with Gasteiger partial charge in [0.05, 0.1) is 25.6 Å². The summed E-state index contributed by atoms with van der Waals surface area (Å²) in [7, 11) is 0. The standard InChI is InChI=1S/C20H24N6O2/c1-3-27-17-11-7-5-9-15(17)13-23-25-19(21)20(22)26-24-14-16-10-6-8-12-18(16)28-4-2/h5-14H,3-4H2,1-2H3,(H2,21,25)(H2,22,26)/b23-13-,24-14+. The molecule has 2 aromatic rings. The predicted octanol–water partition coefficient (Wildman–Crippen LogP) is 2.57. The molecule has 8 nitrogen and oxygen atoms in total. The Morgan fingerprint density at radius 1 is 0.750 bits per heavy atom. The van der Waals surface area contributed by atoms with Crippen molar-refractivity contribution in [1.29, 1.82) is 0 Å². The van der Waals surface area contributed by atoms with Crippen molar-refractivity contribution >= 4 is 24.1 Å². The first-order valence-corrected chi connectivity index (χ1v) is 8.82. The van der Waals surface area contributed by atoms with E-state index in [1.54, 1.807) is 0 Å². The molecule has 2 rings (SSSR count). The van der Waals surface area contributed by atoms with Crippen LogP contribution in [0.3, 0.4) is 0 Å². The van der Waals surface area contributed by atoms with Gasteiger partial charge in [-0.05, 0) is 38.1 Å². The van der Waals surface area contributed by atoms with Crippen LogP contribution in [0.5, 0.6) is 11.5 Å². The zero-order valence-electron chi connectivity index (χ0n) is 15.9. The maximum atomic E-state index is 5.79. The lowest BCUT2D eigenvalue weighted by molar-refractivity contribution is 0.339. The zero-order valence-corrected chi connectivity index (χ0v) is 15.9. The quantitative estimate of drug-likeness (QED) is 0.415. The topological polar surface area (TPSA) is 120 Å². The first-order valence-electron chi connectivity index (χ1n) is 8.82. The summed E-state index contributed by atoms with van der Waals surface area (Å²) in [5, 5.41) is 15.6. The molecule has 0 aromatic heterocycles.